The predicted octanol–water partition coefficient (Wildman–Crippen LogP) is 3.79. The molecule has 5 radical (unpaired) electrons. The molecule has 0 aromatic carbocycles. The molecule has 123 valence electrons. The van der Waals surface area contributed by atoms with Gasteiger partial charge in [-0.15, -0.1) is 6.58 Å². The van der Waals surface area contributed by atoms with Crippen molar-refractivity contribution in [3.8, 4) is 0 Å². The van der Waals surface area contributed by atoms with Gasteiger partial charge in [0, 0.05) is 6.42 Å². The van der Waals surface area contributed by atoms with Gasteiger partial charge in [0.05, 0.1) is 0 Å². The first kappa shape index (κ1) is 33.0. The fourth-order valence-corrected chi connectivity index (χ4v) is 0.626. The Morgan fingerprint density at radius 3 is 1.36 bits per heavy atom. The van der Waals surface area contributed by atoms with Crippen LogP contribution in [0.5, 0.6) is 0 Å². The Kier molecular flexibility index (Phi) is 42.5. The number of hydrogen-bond acceptors (Lipinski definition) is 1. The molecular formula is C13H15BF4FeO3+. The van der Waals surface area contributed by atoms with Crippen LogP contribution >= 0.6 is 0 Å². The van der Waals surface area contributed by atoms with E-state index in [9.17, 15) is 22.1 Å². The average Bonchev–Trinajstić information content (AvgIpc) is 2.98. The molecule has 0 unspecified atom stereocenters. The molecule has 0 amide bonds. The molecule has 0 heterocycles. The summed E-state index contributed by atoms with van der Waals surface area (Å²) >= 11 is 0. The molecule has 0 N–H and O–H groups in total. The van der Waals surface area contributed by atoms with E-state index in [1.54, 1.807) is 13.0 Å². The average molecular weight is 362 g/mol. The molecule has 0 bridgehead atoms. The third kappa shape index (κ3) is 94.6. The van der Waals surface area contributed by atoms with Crippen LogP contribution in [-0.2, 0) is 31.2 Å². The van der Waals surface area contributed by atoms with E-state index in [0.29, 0.717) is 6.42 Å². The number of halogens is 4. The third-order valence-corrected chi connectivity index (χ3v) is 1.26. The maximum absolute atomic E-state index is 10.2. The van der Waals surface area contributed by atoms with E-state index < -0.39 is 7.25 Å². The Labute approximate surface area is 139 Å². The molecule has 1 rings (SSSR count). The van der Waals surface area contributed by atoms with Crippen molar-refractivity contribution in [1.29, 1.82) is 0 Å². The molecule has 0 aromatic heterocycles. The molecule has 9 heteroatoms. The van der Waals surface area contributed by atoms with Crippen LogP contribution in [0.4, 0.5) is 17.3 Å². The van der Waals surface area contributed by atoms with Crippen LogP contribution in [-0.4, -0.2) is 13.0 Å². The van der Waals surface area contributed by atoms with Crippen molar-refractivity contribution in [2.45, 2.75) is 19.8 Å². The number of allylic oxidation sites excluding steroid dienone is 1. The maximum Gasteiger partial charge on any atom is 2.00 e. The molecule has 3 nitrogen and oxygen atoms in total. The predicted molar refractivity (Wildman–Crippen MR) is 69.7 cm³/mol. The molecule has 1 aliphatic rings. The van der Waals surface area contributed by atoms with Crippen LogP contribution in [0.15, 0.2) is 12.7 Å². The van der Waals surface area contributed by atoms with Crippen molar-refractivity contribution in [3.63, 3.8) is 0 Å². The molecule has 1 aliphatic carbocycles. The SMILES string of the molecule is C=CCCC(C)=O.F[B-](F)(F)F.[C-]#[O+].[C-]#[O+].[CH]1[CH][CH][CH][CH]1.[Fe+2]. The van der Waals surface area contributed by atoms with Gasteiger partial charge in [-0.25, -0.2) is 0 Å². The van der Waals surface area contributed by atoms with Gasteiger partial charge in [0.25, 0.3) is 0 Å². The minimum Gasteiger partial charge on any atom is -0.0312 e. The molecule has 22 heavy (non-hydrogen) atoms. The molecule has 1 fully saturated rings. The first-order chi connectivity index (χ1) is 9.77. The second kappa shape index (κ2) is 28.4. The summed E-state index contributed by atoms with van der Waals surface area (Å²) in [4.78, 5) is 10.2. The Balaban J connectivity index is -0.0000000583. The van der Waals surface area contributed by atoms with Gasteiger partial charge >= 0.3 is 46.9 Å². The van der Waals surface area contributed by atoms with Gasteiger partial charge in [-0.05, 0) is 45.4 Å². The third-order valence-electron chi connectivity index (χ3n) is 1.26. The normalized spacial score (nSPS) is 11.0. The fraction of sp³-hybridized carbons (Fsp3) is 0.231. The molecule has 0 aromatic rings. The number of carbonyl (C=O) groups excluding carboxylic acids is 1. The summed E-state index contributed by atoms with van der Waals surface area (Å²) in [5.74, 6) is 0.236. The Morgan fingerprint density at radius 1 is 1.05 bits per heavy atom. The number of rotatable bonds is 3. The van der Waals surface area contributed by atoms with E-state index in [2.05, 4.69) is 19.9 Å². The number of ketones is 1. The summed E-state index contributed by atoms with van der Waals surface area (Å²) in [6.45, 7) is 14.1. The molecule has 0 aliphatic heterocycles. The quantitative estimate of drug-likeness (QED) is 0.248. The zero-order chi connectivity index (χ0) is 17.7. The van der Waals surface area contributed by atoms with Gasteiger partial charge in [-0.3, -0.25) is 0 Å². The van der Waals surface area contributed by atoms with E-state index in [1.165, 1.54) is 0 Å². The smallest absolute Gasteiger partial charge is 0.0312 e. The summed E-state index contributed by atoms with van der Waals surface area (Å²) in [6, 6.07) is 0. The standard InChI is InChI=1S/C6H10O.C5H5.2CO.BF4.Fe/c1-3-4-5-6(2)7;1-2-4-5-3-1;2*1-2;2-1(3,4)5;/h3H,1,4-5H2,2H3;1-5H;;;;/q;;;;-1;+2. The Bertz CT molecular complexity index is 258. The number of Topliss-reactive ketones (excluding diaryl/α,β-unsaturated/α-hetero) is 1. The topological polar surface area (TPSA) is 56.9 Å². The minimum absolute atomic E-state index is 0. The fourth-order valence-electron chi connectivity index (χ4n) is 0.626. The molecule has 1 saturated carbocycles. The summed E-state index contributed by atoms with van der Waals surface area (Å²) in [5, 5.41) is 0. The molecule has 0 saturated heterocycles. The van der Waals surface area contributed by atoms with Crippen LogP contribution in [0, 0.1) is 45.4 Å². The zero-order valence-corrected chi connectivity index (χ0v) is 12.9. The van der Waals surface area contributed by atoms with Crippen LogP contribution in [0.25, 0.3) is 0 Å². The van der Waals surface area contributed by atoms with Crippen LogP contribution in [0.2, 0.25) is 0 Å². The van der Waals surface area contributed by atoms with Crippen molar-refractivity contribution < 1.29 is 48.4 Å². The van der Waals surface area contributed by atoms with Gasteiger partial charge in [0.2, 0.25) is 0 Å². The van der Waals surface area contributed by atoms with Crippen LogP contribution in [0.1, 0.15) is 19.8 Å². The first-order valence-electron chi connectivity index (χ1n) is 5.32. The second-order valence-electron chi connectivity index (χ2n) is 2.99. The number of carbonyl (C=O) groups is 1. The van der Waals surface area contributed by atoms with Crippen molar-refractivity contribution in [3.05, 3.63) is 58.1 Å². The maximum atomic E-state index is 10.2. The summed E-state index contributed by atoms with van der Waals surface area (Å²) in [6.07, 6.45) is 13.2. The zero-order valence-electron chi connectivity index (χ0n) is 11.8. The molecule has 0 atom stereocenters. The van der Waals surface area contributed by atoms with Gasteiger partial charge in [-0.2, -0.15) is 0 Å². The van der Waals surface area contributed by atoms with Gasteiger partial charge in [0.15, 0.2) is 0 Å². The summed E-state index contributed by atoms with van der Waals surface area (Å²) in [5.41, 5.74) is 0. The van der Waals surface area contributed by atoms with Gasteiger partial charge in [-0.1, -0.05) is 6.08 Å². The summed E-state index contributed by atoms with van der Waals surface area (Å²) in [7, 11) is -6.00. The van der Waals surface area contributed by atoms with Gasteiger partial charge < -0.3 is 22.1 Å². The monoisotopic (exact) mass is 362 g/mol. The van der Waals surface area contributed by atoms with E-state index in [4.69, 9.17) is 9.30 Å². The molecular weight excluding hydrogens is 347 g/mol. The Morgan fingerprint density at radius 2 is 1.27 bits per heavy atom. The van der Waals surface area contributed by atoms with Crippen molar-refractivity contribution in [2.75, 3.05) is 0 Å². The molecule has 0 spiro atoms. The van der Waals surface area contributed by atoms with Crippen molar-refractivity contribution in [1.82, 2.24) is 0 Å². The van der Waals surface area contributed by atoms with Crippen molar-refractivity contribution >= 4 is 13.0 Å². The van der Waals surface area contributed by atoms with Crippen LogP contribution < -0.4 is 0 Å². The van der Waals surface area contributed by atoms with E-state index >= 15 is 0 Å². The second-order valence-corrected chi connectivity index (χ2v) is 2.99. The van der Waals surface area contributed by atoms with E-state index in [0.717, 1.165) is 6.42 Å². The van der Waals surface area contributed by atoms with Gasteiger partial charge in [0.1, 0.15) is 5.78 Å². The minimum atomic E-state index is -6.00. The Hall–Kier alpha value is -0.806. The van der Waals surface area contributed by atoms with Crippen LogP contribution in [0.3, 0.4) is 0 Å². The summed E-state index contributed by atoms with van der Waals surface area (Å²) < 4.78 is 54.0. The first-order valence-corrected chi connectivity index (χ1v) is 5.32. The largest absolute Gasteiger partial charge is 2.00 e. The van der Waals surface area contributed by atoms with E-state index in [1.807, 2.05) is 32.1 Å². The van der Waals surface area contributed by atoms with E-state index in [-0.39, 0.29) is 22.9 Å². The van der Waals surface area contributed by atoms with Crippen molar-refractivity contribution in [2.24, 2.45) is 0 Å². The number of hydrogen-bond donors (Lipinski definition) is 0.